The van der Waals surface area contributed by atoms with E-state index in [0.717, 1.165) is 11.1 Å². The first kappa shape index (κ1) is 12.8. The fourth-order valence-corrected chi connectivity index (χ4v) is 1.65. The van der Waals surface area contributed by atoms with Crippen LogP contribution in [-0.2, 0) is 0 Å². The lowest BCUT2D eigenvalue weighted by atomic mass is 10.1. The summed E-state index contributed by atoms with van der Waals surface area (Å²) in [5.41, 5.74) is 9.27. The molecule has 0 aliphatic heterocycles. The van der Waals surface area contributed by atoms with Crippen molar-refractivity contribution in [2.45, 2.75) is 20.8 Å². The second-order valence-corrected chi connectivity index (χ2v) is 4.35. The maximum absolute atomic E-state index is 9.19. The molecule has 0 saturated carbocycles. The van der Waals surface area contributed by atoms with E-state index in [1.54, 1.807) is 19.1 Å². The maximum Gasteiger partial charge on any atom is 0.257 e. The third-order valence-corrected chi connectivity index (χ3v) is 2.91. The van der Waals surface area contributed by atoms with Crippen molar-refractivity contribution in [1.29, 1.82) is 5.26 Å². The van der Waals surface area contributed by atoms with Crippen molar-refractivity contribution in [2.75, 3.05) is 5.73 Å². The van der Waals surface area contributed by atoms with Crippen LogP contribution < -0.4 is 10.5 Å². The highest BCUT2D eigenvalue weighted by Gasteiger charge is 2.13. The Kier molecular flexibility index (Phi) is 3.34. The zero-order valence-electron chi connectivity index (χ0n) is 11.1. The minimum Gasteiger partial charge on any atom is -0.434 e. The normalized spacial score (nSPS) is 10.0. The third kappa shape index (κ3) is 2.47. The van der Waals surface area contributed by atoms with E-state index in [9.17, 15) is 5.26 Å². The van der Waals surface area contributed by atoms with Crippen molar-refractivity contribution < 1.29 is 4.74 Å². The SMILES string of the molecule is Cc1ccc(Oc2nnc(C)c(C)c2C#N)c(N)c1. The molecule has 0 atom stereocenters. The average Bonchev–Trinajstić information content (AvgIpc) is 2.37. The molecule has 0 amide bonds. The van der Waals surface area contributed by atoms with Crippen molar-refractivity contribution >= 4 is 5.69 Å². The van der Waals surface area contributed by atoms with Crippen LogP contribution in [0.5, 0.6) is 11.6 Å². The molecule has 0 aliphatic rings. The maximum atomic E-state index is 9.19. The van der Waals surface area contributed by atoms with Crippen LogP contribution in [0.1, 0.15) is 22.4 Å². The van der Waals surface area contributed by atoms with E-state index in [1.165, 1.54) is 0 Å². The lowest BCUT2D eigenvalue weighted by Crippen LogP contribution is -2.01. The van der Waals surface area contributed by atoms with Gasteiger partial charge in [-0.05, 0) is 44.0 Å². The Morgan fingerprint density at radius 3 is 2.58 bits per heavy atom. The first-order chi connectivity index (χ1) is 9.02. The molecule has 0 bridgehead atoms. The van der Waals surface area contributed by atoms with Crippen LogP contribution in [0.3, 0.4) is 0 Å². The van der Waals surface area contributed by atoms with E-state index in [2.05, 4.69) is 16.3 Å². The molecule has 5 nitrogen and oxygen atoms in total. The van der Waals surface area contributed by atoms with Gasteiger partial charge < -0.3 is 10.5 Å². The van der Waals surface area contributed by atoms with E-state index in [0.29, 0.717) is 22.7 Å². The van der Waals surface area contributed by atoms with Gasteiger partial charge in [-0.3, -0.25) is 0 Å². The summed E-state index contributed by atoms with van der Waals surface area (Å²) in [6.45, 7) is 5.55. The quantitative estimate of drug-likeness (QED) is 0.833. The van der Waals surface area contributed by atoms with Crippen LogP contribution in [0.25, 0.3) is 0 Å². The Bertz CT molecular complexity index is 674. The Morgan fingerprint density at radius 2 is 1.95 bits per heavy atom. The molecule has 0 aliphatic carbocycles. The minimum atomic E-state index is 0.182. The Morgan fingerprint density at radius 1 is 1.21 bits per heavy atom. The first-order valence-corrected chi connectivity index (χ1v) is 5.81. The number of anilines is 1. The lowest BCUT2D eigenvalue weighted by Gasteiger charge is -2.10. The van der Waals surface area contributed by atoms with Crippen LogP contribution in [0, 0.1) is 32.1 Å². The standard InChI is InChI=1S/C14H14N4O/c1-8-4-5-13(12(16)6-8)19-14-11(7-15)9(2)10(3)17-18-14/h4-6H,16H2,1-3H3. The summed E-state index contributed by atoms with van der Waals surface area (Å²) >= 11 is 0. The van der Waals surface area contributed by atoms with Crippen LogP contribution in [-0.4, -0.2) is 10.2 Å². The molecule has 0 fully saturated rings. The van der Waals surface area contributed by atoms with E-state index in [4.69, 9.17) is 10.5 Å². The highest BCUT2D eigenvalue weighted by atomic mass is 16.5. The van der Waals surface area contributed by atoms with Crippen molar-refractivity contribution in [1.82, 2.24) is 10.2 Å². The first-order valence-electron chi connectivity index (χ1n) is 5.81. The van der Waals surface area contributed by atoms with Crippen molar-refractivity contribution in [3.63, 3.8) is 0 Å². The van der Waals surface area contributed by atoms with Gasteiger partial charge in [0.1, 0.15) is 11.6 Å². The zero-order valence-corrected chi connectivity index (χ0v) is 11.1. The summed E-state index contributed by atoms with van der Waals surface area (Å²) in [5.74, 6) is 0.654. The highest BCUT2D eigenvalue weighted by Crippen LogP contribution is 2.29. The predicted octanol–water partition coefficient (Wildman–Crippen LogP) is 2.65. The number of hydrogen-bond donors (Lipinski definition) is 1. The van der Waals surface area contributed by atoms with Crippen LogP contribution in [0.15, 0.2) is 18.2 Å². The fourth-order valence-electron chi connectivity index (χ4n) is 1.65. The smallest absolute Gasteiger partial charge is 0.257 e. The topological polar surface area (TPSA) is 84.8 Å². The zero-order chi connectivity index (χ0) is 14.0. The highest BCUT2D eigenvalue weighted by molar-refractivity contribution is 5.56. The number of nitrogen functional groups attached to an aromatic ring is 1. The van der Waals surface area contributed by atoms with E-state index < -0.39 is 0 Å². The number of nitrogens with two attached hydrogens (primary N) is 1. The molecular formula is C14H14N4O. The van der Waals surface area contributed by atoms with Gasteiger partial charge in [0.2, 0.25) is 0 Å². The van der Waals surface area contributed by atoms with Gasteiger partial charge >= 0.3 is 0 Å². The van der Waals surface area contributed by atoms with Gasteiger partial charge in [-0.1, -0.05) is 6.07 Å². The molecule has 2 N–H and O–H groups in total. The van der Waals surface area contributed by atoms with E-state index in [-0.39, 0.29) is 5.88 Å². The molecule has 96 valence electrons. The Labute approximate surface area is 111 Å². The molecule has 1 aromatic carbocycles. The molecule has 2 rings (SSSR count). The average molecular weight is 254 g/mol. The number of aryl methyl sites for hydroxylation is 2. The number of rotatable bonds is 2. The monoisotopic (exact) mass is 254 g/mol. The molecule has 5 heteroatoms. The fraction of sp³-hybridized carbons (Fsp3) is 0.214. The largest absolute Gasteiger partial charge is 0.434 e. The van der Waals surface area contributed by atoms with Crippen molar-refractivity contribution in [3.05, 3.63) is 40.6 Å². The summed E-state index contributed by atoms with van der Waals surface area (Å²) in [6, 6.07) is 7.52. The second-order valence-electron chi connectivity index (χ2n) is 4.35. The van der Waals surface area contributed by atoms with Crippen LogP contribution in [0.2, 0.25) is 0 Å². The third-order valence-electron chi connectivity index (χ3n) is 2.91. The molecule has 19 heavy (non-hydrogen) atoms. The summed E-state index contributed by atoms with van der Waals surface area (Å²) in [5, 5.41) is 17.1. The lowest BCUT2D eigenvalue weighted by molar-refractivity contribution is 0.454. The summed E-state index contributed by atoms with van der Waals surface area (Å²) < 4.78 is 5.60. The van der Waals surface area contributed by atoms with E-state index in [1.807, 2.05) is 19.9 Å². The molecule has 0 saturated heterocycles. The summed E-state index contributed by atoms with van der Waals surface area (Å²) in [4.78, 5) is 0. The van der Waals surface area contributed by atoms with Gasteiger partial charge in [-0.2, -0.15) is 10.4 Å². The van der Waals surface area contributed by atoms with Crippen LogP contribution >= 0.6 is 0 Å². The molecule has 2 aromatic rings. The van der Waals surface area contributed by atoms with Gasteiger partial charge in [0, 0.05) is 0 Å². The molecule has 0 radical (unpaired) electrons. The molecule has 1 aromatic heterocycles. The second kappa shape index (κ2) is 4.94. The van der Waals surface area contributed by atoms with Gasteiger partial charge in [0.25, 0.3) is 5.88 Å². The van der Waals surface area contributed by atoms with Gasteiger partial charge in [-0.25, -0.2) is 0 Å². The molecular weight excluding hydrogens is 240 g/mol. The van der Waals surface area contributed by atoms with Gasteiger partial charge in [0.05, 0.1) is 11.4 Å². The van der Waals surface area contributed by atoms with Crippen molar-refractivity contribution in [2.24, 2.45) is 0 Å². The number of benzene rings is 1. The van der Waals surface area contributed by atoms with Crippen LogP contribution in [0.4, 0.5) is 5.69 Å². The Balaban J connectivity index is 2.44. The van der Waals surface area contributed by atoms with E-state index >= 15 is 0 Å². The molecule has 1 heterocycles. The number of ether oxygens (including phenoxy) is 1. The van der Waals surface area contributed by atoms with Gasteiger partial charge in [-0.15, -0.1) is 5.10 Å². The summed E-state index contributed by atoms with van der Waals surface area (Å²) in [6.07, 6.45) is 0. The number of nitrogens with zero attached hydrogens (tertiary/aromatic N) is 3. The van der Waals surface area contributed by atoms with Gasteiger partial charge in [0.15, 0.2) is 5.75 Å². The minimum absolute atomic E-state index is 0.182. The Hall–Kier alpha value is -2.61. The summed E-state index contributed by atoms with van der Waals surface area (Å²) in [7, 11) is 0. The molecule has 0 unspecified atom stereocenters. The number of hydrogen-bond acceptors (Lipinski definition) is 5. The number of nitriles is 1. The molecule has 0 spiro atoms. The van der Waals surface area contributed by atoms with Crippen molar-refractivity contribution in [3.8, 4) is 17.7 Å². The predicted molar refractivity (Wildman–Crippen MR) is 71.9 cm³/mol. The number of aromatic nitrogens is 2.